The predicted molar refractivity (Wildman–Crippen MR) is 79.4 cm³/mol. The van der Waals surface area contributed by atoms with Crippen molar-refractivity contribution in [2.24, 2.45) is 0 Å². The fourth-order valence-electron chi connectivity index (χ4n) is 2.37. The van der Waals surface area contributed by atoms with Gasteiger partial charge in [-0.15, -0.1) is 0 Å². The number of alkyl carbamates (subject to hydrolysis) is 1. The minimum absolute atomic E-state index is 0.0412. The summed E-state index contributed by atoms with van der Waals surface area (Å²) in [6.45, 7) is 0.0585. The lowest BCUT2D eigenvalue weighted by atomic mass is 10.2. The molecule has 0 bridgehead atoms. The van der Waals surface area contributed by atoms with Crippen molar-refractivity contribution in [2.75, 3.05) is 6.61 Å². The maximum absolute atomic E-state index is 11.7. The molecule has 0 heterocycles. The van der Waals surface area contributed by atoms with E-state index < -0.39 is 18.1 Å². The molecule has 1 aliphatic carbocycles. The van der Waals surface area contributed by atoms with E-state index in [1.165, 1.54) is 0 Å². The Morgan fingerprint density at radius 1 is 1.23 bits per heavy atom. The number of ether oxygens (including phenoxy) is 2. The van der Waals surface area contributed by atoms with Crippen LogP contribution in [-0.4, -0.2) is 35.9 Å². The lowest BCUT2D eigenvalue weighted by Gasteiger charge is -2.17. The fraction of sp³-hybridized carbons (Fsp3) is 0.500. The molecule has 0 aromatic heterocycles. The molecular formula is C16H21NO5. The van der Waals surface area contributed by atoms with Crippen molar-refractivity contribution >= 4 is 12.1 Å². The second-order valence-corrected chi connectivity index (χ2v) is 5.34. The summed E-state index contributed by atoms with van der Waals surface area (Å²) in [4.78, 5) is 22.8. The van der Waals surface area contributed by atoms with Gasteiger partial charge in [-0.3, -0.25) is 0 Å². The first-order chi connectivity index (χ1) is 10.6. The van der Waals surface area contributed by atoms with Crippen LogP contribution in [0.3, 0.4) is 0 Å². The van der Waals surface area contributed by atoms with Crippen molar-refractivity contribution in [1.82, 2.24) is 5.32 Å². The Kier molecular flexibility index (Phi) is 6.21. The normalized spacial score (nSPS) is 16.2. The molecule has 0 spiro atoms. The number of nitrogens with one attached hydrogen (secondary N) is 1. The van der Waals surface area contributed by atoms with E-state index in [4.69, 9.17) is 14.6 Å². The SMILES string of the molecule is O=C(NC(COC1CCCC1)C(=O)O)OCc1ccccc1. The summed E-state index contributed by atoms with van der Waals surface area (Å²) in [7, 11) is 0. The monoisotopic (exact) mass is 307 g/mol. The highest BCUT2D eigenvalue weighted by Crippen LogP contribution is 2.20. The zero-order chi connectivity index (χ0) is 15.8. The van der Waals surface area contributed by atoms with Gasteiger partial charge in [0, 0.05) is 0 Å². The fourth-order valence-corrected chi connectivity index (χ4v) is 2.37. The van der Waals surface area contributed by atoms with Gasteiger partial charge in [-0.25, -0.2) is 9.59 Å². The van der Waals surface area contributed by atoms with Crippen LogP contribution in [0.4, 0.5) is 4.79 Å². The van der Waals surface area contributed by atoms with Crippen molar-refractivity contribution in [1.29, 1.82) is 0 Å². The molecular weight excluding hydrogens is 286 g/mol. The molecule has 0 aliphatic heterocycles. The molecule has 22 heavy (non-hydrogen) atoms. The highest BCUT2D eigenvalue weighted by Gasteiger charge is 2.24. The second kappa shape index (κ2) is 8.38. The van der Waals surface area contributed by atoms with Crippen LogP contribution in [0.5, 0.6) is 0 Å². The van der Waals surface area contributed by atoms with Gasteiger partial charge in [0.25, 0.3) is 0 Å². The van der Waals surface area contributed by atoms with Gasteiger partial charge >= 0.3 is 12.1 Å². The molecule has 120 valence electrons. The van der Waals surface area contributed by atoms with Crippen LogP contribution in [0.2, 0.25) is 0 Å². The summed E-state index contributed by atoms with van der Waals surface area (Å²) in [6, 6.07) is 8.10. The Balaban J connectivity index is 1.74. The van der Waals surface area contributed by atoms with Crippen molar-refractivity contribution in [3.05, 3.63) is 35.9 Å². The van der Waals surface area contributed by atoms with Crippen LogP contribution in [-0.2, 0) is 20.9 Å². The molecule has 1 amide bonds. The van der Waals surface area contributed by atoms with Gasteiger partial charge in [0.1, 0.15) is 6.61 Å². The first-order valence-corrected chi connectivity index (χ1v) is 7.47. The number of carbonyl (C=O) groups is 2. The Labute approximate surface area is 129 Å². The first-order valence-electron chi connectivity index (χ1n) is 7.47. The molecule has 1 atom stereocenters. The van der Waals surface area contributed by atoms with Crippen LogP contribution < -0.4 is 5.32 Å². The highest BCUT2D eigenvalue weighted by atomic mass is 16.5. The number of rotatable bonds is 7. The molecule has 6 nitrogen and oxygen atoms in total. The van der Waals surface area contributed by atoms with Gasteiger partial charge in [-0.1, -0.05) is 43.2 Å². The zero-order valence-corrected chi connectivity index (χ0v) is 12.4. The summed E-state index contributed by atoms with van der Waals surface area (Å²) in [6.07, 6.45) is 3.45. The van der Waals surface area contributed by atoms with Crippen molar-refractivity contribution in [3.63, 3.8) is 0 Å². The molecule has 0 radical (unpaired) electrons. The number of carboxylic acids is 1. The lowest BCUT2D eigenvalue weighted by Crippen LogP contribution is -2.44. The smallest absolute Gasteiger partial charge is 0.408 e. The van der Waals surface area contributed by atoms with Crippen molar-refractivity contribution in [2.45, 2.75) is 44.4 Å². The standard InChI is InChI=1S/C16H21NO5/c18-15(19)14(11-21-13-8-4-5-9-13)17-16(20)22-10-12-6-2-1-3-7-12/h1-3,6-7,13-14H,4-5,8-11H2,(H,17,20)(H,18,19). The van der Waals surface area contributed by atoms with Gasteiger partial charge < -0.3 is 19.9 Å². The molecule has 1 unspecified atom stereocenters. The molecule has 6 heteroatoms. The Morgan fingerprint density at radius 2 is 1.91 bits per heavy atom. The minimum Gasteiger partial charge on any atom is -0.480 e. The molecule has 2 N–H and O–H groups in total. The van der Waals surface area contributed by atoms with E-state index in [0.717, 1.165) is 31.2 Å². The molecule has 1 aromatic carbocycles. The maximum Gasteiger partial charge on any atom is 0.408 e. The van der Waals surface area contributed by atoms with E-state index in [1.807, 2.05) is 30.3 Å². The summed E-state index contributed by atoms with van der Waals surface area (Å²) in [5.74, 6) is -1.13. The van der Waals surface area contributed by atoms with Crippen LogP contribution >= 0.6 is 0 Å². The van der Waals surface area contributed by atoms with E-state index in [2.05, 4.69) is 5.32 Å². The largest absolute Gasteiger partial charge is 0.480 e. The highest BCUT2D eigenvalue weighted by molar-refractivity contribution is 5.80. The third kappa shape index (κ3) is 5.37. The number of carboxylic acid groups (broad SMARTS) is 1. The molecule has 1 aliphatic rings. The number of aliphatic carboxylic acids is 1. The third-order valence-corrected chi connectivity index (χ3v) is 3.60. The second-order valence-electron chi connectivity index (χ2n) is 5.34. The van der Waals surface area contributed by atoms with E-state index in [1.54, 1.807) is 0 Å². The summed E-state index contributed by atoms with van der Waals surface area (Å²) in [5, 5.41) is 11.5. The van der Waals surface area contributed by atoms with Crippen LogP contribution in [0.15, 0.2) is 30.3 Å². The lowest BCUT2D eigenvalue weighted by molar-refractivity contribution is -0.141. The quantitative estimate of drug-likeness (QED) is 0.807. The molecule has 0 saturated heterocycles. The number of amides is 1. The number of carbonyl (C=O) groups excluding carboxylic acids is 1. The van der Waals surface area contributed by atoms with Crippen LogP contribution in [0.1, 0.15) is 31.2 Å². The van der Waals surface area contributed by atoms with Crippen molar-refractivity contribution < 1.29 is 24.2 Å². The number of benzene rings is 1. The number of hydrogen-bond acceptors (Lipinski definition) is 4. The third-order valence-electron chi connectivity index (χ3n) is 3.60. The Morgan fingerprint density at radius 3 is 2.55 bits per heavy atom. The summed E-state index contributed by atoms with van der Waals surface area (Å²) >= 11 is 0. The summed E-state index contributed by atoms with van der Waals surface area (Å²) < 4.78 is 10.6. The molecule has 1 fully saturated rings. The maximum atomic E-state index is 11.7. The van der Waals surface area contributed by atoms with Crippen LogP contribution in [0.25, 0.3) is 0 Å². The van der Waals surface area contributed by atoms with Gasteiger partial charge in [0.15, 0.2) is 6.04 Å². The summed E-state index contributed by atoms with van der Waals surface area (Å²) in [5.41, 5.74) is 0.840. The topological polar surface area (TPSA) is 84.9 Å². The zero-order valence-electron chi connectivity index (χ0n) is 12.4. The van der Waals surface area contributed by atoms with Gasteiger partial charge in [0.2, 0.25) is 0 Å². The van der Waals surface area contributed by atoms with Crippen LogP contribution in [0, 0.1) is 0 Å². The van der Waals surface area contributed by atoms with E-state index in [9.17, 15) is 9.59 Å². The predicted octanol–water partition coefficient (Wildman–Crippen LogP) is 2.33. The number of hydrogen-bond donors (Lipinski definition) is 2. The molecule has 2 rings (SSSR count). The van der Waals surface area contributed by atoms with E-state index in [0.29, 0.717) is 0 Å². The average Bonchev–Trinajstić information content (AvgIpc) is 3.03. The molecule has 1 saturated carbocycles. The Hall–Kier alpha value is -2.08. The van der Waals surface area contributed by atoms with Gasteiger partial charge in [0.05, 0.1) is 12.7 Å². The van der Waals surface area contributed by atoms with Gasteiger partial charge in [-0.05, 0) is 18.4 Å². The first kappa shape index (κ1) is 16.3. The van der Waals surface area contributed by atoms with E-state index in [-0.39, 0.29) is 19.3 Å². The average molecular weight is 307 g/mol. The minimum atomic E-state index is -1.13. The van der Waals surface area contributed by atoms with E-state index >= 15 is 0 Å². The van der Waals surface area contributed by atoms with Gasteiger partial charge in [-0.2, -0.15) is 0 Å². The van der Waals surface area contributed by atoms with Crippen molar-refractivity contribution in [3.8, 4) is 0 Å². The Bertz CT molecular complexity index is 485. The molecule has 1 aromatic rings.